The lowest BCUT2D eigenvalue weighted by molar-refractivity contribution is 1.09. The first-order valence-electron chi connectivity index (χ1n) is 18.6. The van der Waals surface area contributed by atoms with E-state index in [0.29, 0.717) is 0 Å². The Bertz CT molecular complexity index is 3170. The van der Waals surface area contributed by atoms with Crippen LogP contribution in [0.4, 0.5) is 0 Å². The molecule has 258 valence electrons. The van der Waals surface area contributed by atoms with Crippen molar-refractivity contribution in [1.29, 1.82) is 0 Å². The summed E-state index contributed by atoms with van der Waals surface area (Å²) in [7, 11) is 0. The van der Waals surface area contributed by atoms with E-state index in [9.17, 15) is 0 Å². The van der Waals surface area contributed by atoms with E-state index in [-0.39, 0.29) is 0 Å². The standard InChI is InChI=1S/C48H28S3.C3H8/c1-3-13-43-37(11-1)39-25-33(15-19-45(39)49-43)31-9-5-7-29(23-31)30-8-6-10-32(24-30)34-16-21-47-41(27-34)42-28-36(18-22-48(42)51-47)35-17-20-46-40(26-35)38-12-2-4-14-44(38)50-46;1-3-2/h1-28H;3H2,1-2H3. The highest BCUT2D eigenvalue weighted by molar-refractivity contribution is 7.26. The molecule has 0 atom stereocenters. The molecule has 0 radical (unpaired) electrons. The maximum Gasteiger partial charge on any atom is 0.0355 e. The van der Waals surface area contributed by atoms with Crippen LogP contribution in [0.2, 0.25) is 0 Å². The van der Waals surface area contributed by atoms with Crippen LogP contribution in [0.5, 0.6) is 0 Å². The molecule has 0 spiro atoms. The molecule has 0 saturated carbocycles. The van der Waals surface area contributed by atoms with Crippen LogP contribution in [0.15, 0.2) is 170 Å². The number of hydrogen-bond donors (Lipinski definition) is 0. The molecule has 0 nitrogen and oxygen atoms in total. The zero-order chi connectivity index (χ0) is 36.2. The van der Waals surface area contributed by atoms with Gasteiger partial charge in [-0.3, -0.25) is 0 Å². The van der Waals surface area contributed by atoms with E-state index in [0.717, 1.165) is 0 Å². The van der Waals surface area contributed by atoms with E-state index in [4.69, 9.17) is 0 Å². The predicted molar refractivity (Wildman–Crippen MR) is 243 cm³/mol. The molecule has 11 rings (SSSR count). The van der Waals surface area contributed by atoms with Crippen LogP contribution < -0.4 is 0 Å². The molecule has 0 aliphatic heterocycles. The van der Waals surface area contributed by atoms with E-state index in [1.54, 1.807) is 0 Å². The van der Waals surface area contributed by atoms with E-state index in [2.05, 4.69) is 184 Å². The molecule has 3 heteroatoms. The normalized spacial score (nSPS) is 11.6. The molecule has 3 aromatic heterocycles. The zero-order valence-electron chi connectivity index (χ0n) is 30.1. The summed E-state index contributed by atoms with van der Waals surface area (Å²) >= 11 is 5.62. The third-order valence-electron chi connectivity index (χ3n) is 10.3. The van der Waals surface area contributed by atoms with Gasteiger partial charge in [0.05, 0.1) is 0 Å². The van der Waals surface area contributed by atoms with Crippen LogP contribution >= 0.6 is 34.0 Å². The maximum atomic E-state index is 2.39. The Hall–Kier alpha value is -5.58. The van der Waals surface area contributed by atoms with Crippen LogP contribution in [0.25, 0.3) is 105 Å². The number of hydrogen-bond acceptors (Lipinski definition) is 3. The van der Waals surface area contributed by atoms with Crippen molar-refractivity contribution >= 4 is 94.5 Å². The summed E-state index contributed by atoms with van der Waals surface area (Å²) in [4.78, 5) is 0. The molecular formula is C51H36S3. The summed E-state index contributed by atoms with van der Waals surface area (Å²) in [5, 5.41) is 8.00. The molecule has 0 aliphatic rings. The maximum absolute atomic E-state index is 2.39. The van der Waals surface area contributed by atoms with E-state index >= 15 is 0 Å². The van der Waals surface area contributed by atoms with Gasteiger partial charge in [-0.25, -0.2) is 0 Å². The van der Waals surface area contributed by atoms with Gasteiger partial charge in [0.1, 0.15) is 0 Å². The lowest BCUT2D eigenvalue weighted by Crippen LogP contribution is -1.84. The first-order valence-corrected chi connectivity index (χ1v) is 21.1. The first kappa shape index (κ1) is 33.0. The highest BCUT2D eigenvalue weighted by Crippen LogP contribution is 2.42. The van der Waals surface area contributed by atoms with Crippen molar-refractivity contribution in [3.63, 3.8) is 0 Å². The number of thiophene rings is 3. The van der Waals surface area contributed by atoms with Crippen LogP contribution in [-0.4, -0.2) is 0 Å². The Kier molecular flexibility index (Phi) is 8.37. The fourth-order valence-corrected chi connectivity index (χ4v) is 10.9. The number of rotatable bonds is 4. The molecule has 0 amide bonds. The van der Waals surface area contributed by atoms with E-state index in [1.165, 1.54) is 111 Å². The summed E-state index contributed by atoms with van der Waals surface area (Å²) < 4.78 is 8.02. The Morgan fingerprint density at radius 2 is 0.519 bits per heavy atom. The Labute approximate surface area is 327 Å². The number of benzene rings is 8. The minimum absolute atomic E-state index is 1.23. The van der Waals surface area contributed by atoms with Crippen LogP contribution in [0.1, 0.15) is 20.3 Å². The molecule has 0 unspecified atom stereocenters. The second-order valence-electron chi connectivity index (χ2n) is 14.0. The summed E-state index contributed by atoms with van der Waals surface area (Å²) in [6.45, 7) is 4.25. The van der Waals surface area contributed by atoms with Crippen molar-refractivity contribution in [2.24, 2.45) is 0 Å². The molecule has 11 aromatic rings. The van der Waals surface area contributed by atoms with Gasteiger partial charge < -0.3 is 0 Å². The second kappa shape index (κ2) is 13.7. The lowest BCUT2D eigenvalue weighted by atomic mass is 9.95. The van der Waals surface area contributed by atoms with Gasteiger partial charge in [0, 0.05) is 60.5 Å². The SMILES string of the molecule is CCC.c1cc(-c2cccc(-c3ccc4sc5ccc(-c6ccc7sc8ccccc8c7c6)cc5c4c3)c2)cc(-c2ccc3sc4ccccc4c3c2)c1. The molecule has 3 heterocycles. The summed E-state index contributed by atoms with van der Waals surface area (Å²) in [5.74, 6) is 0. The molecule has 8 aromatic carbocycles. The van der Waals surface area contributed by atoms with Crippen molar-refractivity contribution in [3.8, 4) is 44.5 Å². The molecule has 0 fully saturated rings. The Balaban J connectivity index is 0.00000117. The van der Waals surface area contributed by atoms with Gasteiger partial charge in [-0.15, -0.1) is 34.0 Å². The largest absolute Gasteiger partial charge is 0.135 e. The van der Waals surface area contributed by atoms with Crippen LogP contribution in [-0.2, 0) is 0 Å². The van der Waals surface area contributed by atoms with Gasteiger partial charge in [0.25, 0.3) is 0 Å². The van der Waals surface area contributed by atoms with E-state index < -0.39 is 0 Å². The minimum Gasteiger partial charge on any atom is -0.135 e. The van der Waals surface area contributed by atoms with Gasteiger partial charge in [0.2, 0.25) is 0 Å². The van der Waals surface area contributed by atoms with Gasteiger partial charge in [0.15, 0.2) is 0 Å². The Morgan fingerprint density at radius 3 is 0.852 bits per heavy atom. The van der Waals surface area contributed by atoms with Gasteiger partial charge in [-0.2, -0.15) is 0 Å². The molecule has 0 N–H and O–H groups in total. The molecule has 0 saturated heterocycles. The third-order valence-corrected chi connectivity index (χ3v) is 13.7. The highest BCUT2D eigenvalue weighted by Gasteiger charge is 2.12. The van der Waals surface area contributed by atoms with Gasteiger partial charge in [-0.1, -0.05) is 117 Å². The van der Waals surface area contributed by atoms with Gasteiger partial charge >= 0.3 is 0 Å². The fraction of sp³-hybridized carbons (Fsp3) is 0.0588. The lowest BCUT2D eigenvalue weighted by Gasteiger charge is -2.09. The first-order chi connectivity index (χ1) is 26.6. The molecule has 0 bridgehead atoms. The van der Waals surface area contributed by atoms with Crippen molar-refractivity contribution in [1.82, 2.24) is 0 Å². The summed E-state index contributed by atoms with van der Waals surface area (Å²) in [6.07, 6.45) is 1.25. The summed E-state index contributed by atoms with van der Waals surface area (Å²) in [6, 6.07) is 63.3. The number of fused-ring (bicyclic) bond motifs is 9. The topological polar surface area (TPSA) is 0 Å². The quantitative estimate of drug-likeness (QED) is 0.168. The van der Waals surface area contributed by atoms with Crippen molar-refractivity contribution < 1.29 is 0 Å². The summed E-state index contributed by atoms with van der Waals surface area (Å²) in [5.41, 5.74) is 9.95. The fourth-order valence-electron chi connectivity index (χ4n) is 7.70. The molecular weight excluding hydrogens is 709 g/mol. The zero-order valence-corrected chi connectivity index (χ0v) is 32.5. The Morgan fingerprint density at radius 1 is 0.259 bits per heavy atom. The van der Waals surface area contributed by atoms with Crippen LogP contribution in [0.3, 0.4) is 0 Å². The van der Waals surface area contributed by atoms with Crippen molar-refractivity contribution in [2.45, 2.75) is 20.3 Å². The van der Waals surface area contributed by atoms with E-state index in [1.807, 2.05) is 34.0 Å². The predicted octanol–water partition coefficient (Wildman–Crippen LogP) is 16.9. The average molecular weight is 745 g/mol. The second-order valence-corrected chi connectivity index (χ2v) is 17.3. The monoisotopic (exact) mass is 744 g/mol. The molecule has 0 aliphatic carbocycles. The van der Waals surface area contributed by atoms with Gasteiger partial charge in [-0.05, 0) is 117 Å². The molecule has 54 heavy (non-hydrogen) atoms. The highest BCUT2D eigenvalue weighted by atomic mass is 32.1. The third kappa shape index (κ3) is 5.81. The minimum atomic E-state index is 1.23. The van der Waals surface area contributed by atoms with Crippen LogP contribution in [0, 0.1) is 0 Å². The van der Waals surface area contributed by atoms with Crippen molar-refractivity contribution in [3.05, 3.63) is 170 Å². The van der Waals surface area contributed by atoms with Crippen molar-refractivity contribution in [2.75, 3.05) is 0 Å². The average Bonchev–Trinajstić information content (AvgIpc) is 3.91. The smallest absolute Gasteiger partial charge is 0.0355 e.